The molecule has 7 nitrogen and oxygen atoms in total. The number of carbonyl (C=O) groups is 1. The first-order valence-corrected chi connectivity index (χ1v) is 11.4. The molecule has 0 N–H and O–H groups in total. The molecule has 0 saturated heterocycles. The van der Waals surface area contributed by atoms with Gasteiger partial charge in [-0.2, -0.15) is 0 Å². The maximum absolute atomic E-state index is 13.6. The lowest BCUT2D eigenvalue weighted by molar-refractivity contribution is -0.139. The third-order valence-electron chi connectivity index (χ3n) is 5.41. The topological polar surface area (TPSA) is 79.1 Å². The zero-order chi connectivity index (χ0) is 24.4. The van der Waals surface area contributed by atoms with E-state index in [0.29, 0.717) is 37.7 Å². The molecule has 0 fully saturated rings. The van der Waals surface area contributed by atoms with Crippen molar-refractivity contribution in [2.75, 3.05) is 20.8 Å². The van der Waals surface area contributed by atoms with Gasteiger partial charge in [-0.25, -0.2) is 14.2 Å². The summed E-state index contributed by atoms with van der Waals surface area (Å²) in [5, 5.41) is 0. The van der Waals surface area contributed by atoms with Crippen LogP contribution in [0, 0.1) is 5.82 Å². The Kier molecular flexibility index (Phi) is 6.65. The molecule has 2 heterocycles. The summed E-state index contributed by atoms with van der Waals surface area (Å²) >= 11 is 1.20. The van der Waals surface area contributed by atoms with Crippen LogP contribution in [-0.2, 0) is 9.53 Å². The van der Waals surface area contributed by atoms with Gasteiger partial charge in [0.2, 0.25) is 0 Å². The Hall–Kier alpha value is -3.72. The lowest BCUT2D eigenvalue weighted by Gasteiger charge is -2.25. The van der Waals surface area contributed by atoms with Crippen molar-refractivity contribution < 1.29 is 23.4 Å². The number of fused-ring (bicyclic) bond motifs is 1. The first-order valence-electron chi connectivity index (χ1n) is 10.5. The Morgan fingerprint density at radius 2 is 1.85 bits per heavy atom. The summed E-state index contributed by atoms with van der Waals surface area (Å²) in [6, 6.07) is 10.3. The van der Waals surface area contributed by atoms with Gasteiger partial charge in [0.05, 0.1) is 42.7 Å². The molecular formula is C25H23FN2O5S. The van der Waals surface area contributed by atoms with Crippen molar-refractivity contribution in [2.45, 2.75) is 19.9 Å². The molecule has 3 aromatic rings. The number of carbonyl (C=O) groups excluding carboxylic acids is 1. The molecule has 1 aliphatic rings. The van der Waals surface area contributed by atoms with Crippen molar-refractivity contribution in [3.05, 3.63) is 90.4 Å². The minimum absolute atomic E-state index is 0.184. The van der Waals surface area contributed by atoms with Crippen LogP contribution in [0.3, 0.4) is 0 Å². The highest BCUT2D eigenvalue weighted by atomic mass is 32.1. The van der Waals surface area contributed by atoms with Gasteiger partial charge in [-0.15, -0.1) is 0 Å². The highest BCUT2D eigenvalue weighted by Gasteiger charge is 2.33. The second-order valence-corrected chi connectivity index (χ2v) is 8.48. The summed E-state index contributed by atoms with van der Waals surface area (Å²) in [5.41, 5.74) is 1.74. The molecule has 0 radical (unpaired) electrons. The van der Waals surface area contributed by atoms with Crippen LogP contribution in [0.15, 0.2) is 63.5 Å². The summed E-state index contributed by atoms with van der Waals surface area (Å²) in [4.78, 5) is 31.5. The highest BCUT2D eigenvalue weighted by Crippen LogP contribution is 2.36. The lowest BCUT2D eigenvalue weighted by Crippen LogP contribution is -2.39. The average Bonchev–Trinajstić information content (AvgIpc) is 3.13. The van der Waals surface area contributed by atoms with Gasteiger partial charge < -0.3 is 14.2 Å². The molecule has 2 aromatic carbocycles. The first kappa shape index (κ1) is 23.4. The minimum Gasteiger partial charge on any atom is -0.493 e. The lowest BCUT2D eigenvalue weighted by atomic mass is 9.95. The van der Waals surface area contributed by atoms with Gasteiger partial charge in [-0.05, 0) is 55.3 Å². The molecule has 1 aromatic heterocycles. The molecule has 0 saturated carbocycles. The molecule has 1 atom stereocenters. The van der Waals surface area contributed by atoms with E-state index in [2.05, 4.69) is 4.99 Å². The van der Waals surface area contributed by atoms with Crippen molar-refractivity contribution in [2.24, 2.45) is 4.99 Å². The molecule has 0 bridgehead atoms. The number of benzene rings is 2. The van der Waals surface area contributed by atoms with Crippen molar-refractivity contribution in [1.29, 1.82) is 0 Å². The maximum Gasteiger partial charge on any atom is 0.338 e. The summed E-state index contributed by atoms with van der Waals surface area (Å²) in [7, 11) is 3.05. The van der Waals surface area contributed by atoms with Crippen LogP contribution >= 0.6 is 11.3 Å². The molecule has 9 heteroatoms. The van der Waals surface area contributed by atoms with E-state index in [-0.39, 0.29) is 23.6 Å². The molecule has 0 spiro atoms. The van der Waals surface area contributed by atoms with Crippen LogP contribution in [0.25, 0.3) is 6.08 Å². The summed E-state index contributed by atoms with van der Waals surface area (Å²) in [5.74, 6) is 0.0813. The van der Waals surface area contributed by atoms with Gasteiger partial charge in [0.1, 0.15) is 5.82 Å². The van der Waals surface area contributed by atoms with Crippen LogP contribution in [0.5, 0.6) is 11.5 Å². The number of esters is 1. The molecule has 0 aliphatic carbocycles. The number of methoxy groups -OCH3 is 2. The van der Waals surface area contributed by atoms with Crippen LogP contribution in [-0.4, -0.2) is 31.4 Å². The quantitative estimate of drug-likeness (QED) is 0.505. The fourth-order valence-electron chi connectivity index (χ4n) is 3.84. The number of rotatable bonds is 6. The van der Waals surface area contributed by atoms with Crippen molar-refractivity contribution in [1.82, 2.24) is 4.57 Å². The Bertz CT molecular complexity index is 1450. The van der Waals surface area contributed by atoms with E-state index in [4.69, 9.17) is 14.2 Å². The third kappa shape index (κ3) is 4.26. The normalized spacial score (nSPS) is 15.6. The van der Waals surface area contributed by atoms with Crippen molar-refractivity contribution >= 4 is 23.4 Å². The molecule has 176 valence electrons. The Morgan fingerprint density at radius 3 is 2.50 bits per heavy atom. The van der Waals surface area contributed by atoms with Crippen LogP contribution in [0.4, 0.5) is 4.39 Å². The fraction of sp³-hybridized carbons (Fsp3) is 0.240. The Morgan fingerprint density at radius 1 is 1.15 bits per heavy atom. The van der Waals surface area contributed by atoms with Crippen molar-refractivity contribution in [3.8, 4) is 11.5 Å². The van der Waals surface area contributed by atoms with E-state index in [1.807, 2.05) is 0 Å². The number of hydrogen-bond acceptors (Lipinski definition) is 7. The molecule has 0 amide bonds. The zero-order valence-corrected chi connectivity index (χ0v) is 19.9. The zero-order valence-electron chi connectivity index (χ0n) is 19.1. The number of hydrogen-bond donors (Lipinski definition) is 0. The number of halogens is 1. The van der Waals surface area contributed by atoms with Gasteiger partial charge >= 0.3 is 5.97 Å². The summed E-state index contributed by atoms with van der Waals surface area (Å²) in [6.45, 7) is 3.62. The first-order chi connectivity index (χ1) is 16.4. The third-order valence-corrected chi connectivity index (χ3v) is 6.39. The molecular weight excluding hydrogens is 459 g/mol. The number of ether oxygens (including phenoxy) is 3. The van der Waals surface area contributed by atoms with E-state index >= 15 is 0 Å². The van der Waals surface area contributed by atoms with E-state index in [1.165, 1.54) is 42.3 Å². The van der Waals surface area contributed by atoms with Crippen molar-refractivity contribution in [3.63, 3.8) is 0 Å². The number of aromatic nitrogens is 1. The van der Waals surface area contributed by atoms with Gasteiger partial charge in [-0.3, -0.25) is 9.36 Å². The number of thiazole rings is 1. The van der Waals surface area contributed by atoms with E-state index in [1.54, 1.807) is 50.3 Å². The van der Waals surface area contributed by atoms with E-state index in [9.17, 15) is 14.0 Å². The molecule has 34 heavy (non-hydrogen) atoms. The molecule has 4 rings (SSSR count). The maximum atomic E-state index is 13.6. The molecule has 0 unspecified atom stereocenters. The predicted molar refractivity (Wildman–Crippen MR) is 126 cm³/mol. The second-order valence-electron chi connectivity index (χ2n) is 7.47. The van der Waals surface area contributed by atoms with Gasteiger partial charge in [0.25, 0.3) is 5.56 Å². The van der Waals surface area contributed by atoms with Crippen LogP contribution in [0.2, 0.25) is 0 Å². The standard InChI is InChI=1S/C25H23FN2O5S/c1-5-33-24(30)21-14(2)27-25-28(22(21)16-8-11-18(31-3)19(13-16)32-4)23(29)20(34-25)12-15-6-9-17(26)10-7-15/h6-13,22H,5H2,1-4H3/b20-12-/t22-/m0/s1. The summed E-state index contributed by atoms with van der Waals surface area (Å²) in [6.07, 6.45) is 1.68. The summed E-state index contributed by atoms with van der Waals surface area (Å²) < 4.78 is 31.3. The monoisotopic (exact) mass is 482 g/mol. The average molecular weight is 483 g/mol. The number of allylic oxidation sites excluding steroid dienone is 1. The number of nitrogens with zero attached hydrogens (tertiary/aromatic N) is 2. The van der Waals surface area contributed by atoms with Gasteiger partial charge in [-0.1, -0.05) is 29.5 Å². The SMILES string of the molecule is CCOC(=O)C1=C(C)N=c2s/c(=C\c3ccc(F)cc3)c(=O)n2[C@H]1c1ccc(OC)c(OC)c1. The molecule has 1 aliphatic heterocycles. The van der Waals surface area contributed by atoms with Crippen LogP contribution in [0.1, 0.15) is 31.0 Å². The highest BCUT2D eigenvalue weighted by molar-refractivity contribution is 7.07. The van der Waals surface area contributed by atoms with E-state index in [0.717, 1.165) is 0 Å². The van der Waals surface area contributed by atoms with Gasteiger partial charge in [0.15, 0.2) is 16.3 Å². The minimum atomic E-state index is -0.773. The Labute approximate surface area is 199 Å². The van der Waals surface area contributed by atoms with E-state index < -0.39 is 12.0 Å². The second kappa shape index (κ2) is 9.64. The largest absolute Gasteiger partial charge is 0.493 e. The predicted octanol–water partition coefficient (Wildman–Crippen LogP) is 2.95. The van der Waals surface area contributed by atoms with Crippen LogP contribution < -0.4 is 24.4 Å². The fourth-order valence-corrected chi connectivity index (χ4v) is 4.89. The Balaban J connectivity index is 1.96. The smallest absolute Gasteiger partial charge is 0.338 e. The van der Waals surface area contributed by atoms with Gasteiger partial charge in [0, 0.05) is 0 Å².